The quantitative estimate of drug-likeness (QED) is 0.354. The molecule has 3 heterocycles. The van der Waals surface area contributed by atoms with Gasteiger partial charge in [0.05, 0.1) is 35.6 Å². The molecule has 0 saturated carbocycles. The molecule has 2 aromatic heterocycles. The summed E-state index contributed by atoms with van der Waals surface area (Å²) < 4.78 is 5.44. The zero-order chi connectivity index (χ0) is 23.2. The van der Waals surface area contributed by atoms with Crippen LogP contribution in [0.4, 0.5) is 5.69 Å². The standard InChI is InChI=1S/C27H28N4O2S/c32-27(25-18-34-19-28-25)30-24-10-5-8-21-11-12-23(29-26(21)24)22-9-2-1-6-20(22)7-3-4-13-31-14-16-33-17-15-31/h1-2,5-6,8-12,18-19H,3-4,7,13-17H2,(H,30,32). The SMILES string of the molecule is O=C(Nc1cccc2ccc(-c3ccccc3CCCCN3CCOCC3)nc12)c1cscn1. The summed E-state index contributed by atoms with van der Waals surface area (Å²) in [5.74, 6) is -0.221. The predicted molar refractivity (Wildman–Crippen MR) is 137 cm³/mol. The summed E-state index contributed by atoms with van der Waals surface area (Å²) >= 11 is 1.40. The van der Waals surface area contributed by atoms with Crippen molar-refractivity contribution in [3.63, 3.8) is 0 Å². The highest BCUT2D eigenvalue weighted by Gasteiger charge is 2.13. The van der Waals surface area contributed by atoms with Crippen molar-refractivity contribution in [2.45, 2.75) is 19.3 Å². The van der Waals surface area contributed by atoms with Crippen molar-refractivity contribution >= 4 is 33.8 Å². The van der Waals surface area contributed by atoms with E-state index in [9.17, 15) is 4.79 Å². The highest BCUT2D eigenvalue weighted by Crippen LogP contribution is 2.29. The number of hydrogen-bond acceptors (Lipinski definition) is 6. The van der Waals surface area contributed by atoms with Crippen LogP contribution in [0, 0.1) is 0 Å². The number of morpholine rings is 1. The van der Waals surface area contributed by atoms with Crippen molar-refractivity contribution in [3.05, 3.63) is 76.7 Å². The summed E-state index contributed by atoms with van der Waals surface area (Å²) in [6.07, 6.45) is 3.33. The average molecular weight is 473 g/mol. The van der Waals surface area contributed by atoms with Crippen LogP contribution in [0.2, 0.25) is 0 Å². The highest BCUT2D eigenvalue weighted by molar-refractivity contribution is 7.07. The molecule has 2 aromatic carbocycles. The molecule has 1 N–H and O–H groups in total. The lowest BCUT2D eigenvalue weighted by Gasteiger charge is -2.26. The van der Waals surface area contributed by atoms with Crippen LogP contribution >= 0.6 is 11.3 Å². The van der Waals surface area contributed by atoms with Crippen LogP contribution in [-0.4, -0.2) is 53.6 Å². The van der Waals surface area contributed by atoms with Gasteiger partial charge < -0.3 is 10.1 Å². The zero-order valence-electron chi connectivity index (χ0n) is 19.1. The number of carbonyl (C=O) groups excluding carboxylic acids is 1. The maximum absolute atomic E-state index is 12.6. The van der Waals surface area contributed by atoms with E-state index in [4.69, 9.17) is 9.72 Å². The summed E-state index contributed by atoms with van der Waals surface area (Å²) in [5, 5.41) is 5.72. The fourth-order valence-corrected chi connectivity index (χ4v) is 4.90. The third-order valence-electron chi connectivity index (χ3n) is 6.20. The molecule has 4 aromatic rings. The molecule has 0 unspecified atom stereocenters. The third kappa shape index (κ3) is 5.33. The molecule has 1 aliphatic rings. The summed E-state index contributed by atoms with van der Waals surface area (Å²) in [6.45, 7) is 4.91. The first-order valence-corrected chi connectivity index (χ1v) is 12.7. The van der Waals surface area contributed by atoms with Crippen LogP contribution in [0.1, 0.15) is 28.9 Å². The number of aromatic nitrogens is 2. The van der Waals surface area contributed by atoms with Crippen molar-refractivity contribution in [3.8, 4) is 11.3 Å². The van der Waals surface area contributed by atoms with Gasteiger partial charge in [0.15, 0.2) is 0 Å². The van der Waals surface area contributed by atoms with Crippen LogP contribution in [0.5, 0.6) is 0 Å². The Balaban J connectivity index is 1.34. The summed E-state index contributed by atoms with van der Waals surface area (Å²) in [7, 11) is 0. The first-order chi connectivity index (χ1) is 16.8. The maximum Gasteiger partial charge on any atom is 0.275 e. The number of unbranched alkanes of at least 4 members (excludes halogenated alkanes) is 1. The largest absolute Gasteiger partial charge is 0.379 e. The normalized spacial score (nSPS) is 14.4. The molecule has 1 fully saturated rings. The molecule has 0 radical (unpaired) electrons. The van der Waals surface area contributed by atoms with Crippen LogP contribution in [-0.2, 0) is 11.2 Å². The number of carbonyl (C=O) groups is 1. The summed E-state index contributed by atoms with van der Waals surface area (Å²) in [6, 6.07) is 18.5. The van der Waals surface area contributed by atoms with Crippen LogP contribution in [0.15, 0.2) is 65.5 Å². The van der Waals surface area contributed by atoms with Gasteiger partial charge in [-0.15, -0.1) is 11.3 Å². The van der Waals surface area contributed by atoms with E-state index in [1.807, 2.05) is 18.2 Å². The Morgan fingerprint density at radius 1 is 1.03 bits per heavy atom. The Morgan fingerprint density at radius 3 is 2.76 bits per heavy atom. The van der Waals surface area contributed by atoms with Gasteiger partial charge in [0.1, 0.15) is 5.69 Å². The Kier molecular flexibility index (Phi) is 7.24. The average Bonchev–Trinajstić information content (AvgIpc) is 3.43. The van der Waals surface area contributed by atoms with E-state index in [2.05, 4.69) is 51.6 Å². The topological polar surface area (TPSA) is 67.4 Å². The number of nitrogens with one attached hydrogen (secondary N) is 1. The van der Waals surface area contributed by atoms with Crippen molar-refractivity contribution < 1.29 is 9.53 Å². The van der Waals surface area contributed by atoms with E-state index in [0.29, 0.717) is 11.4 Å². The van der Waals surface area contributed by atoms with Crippen LogP contribution in [0.3, 0.4) is 0 Å². The van der Waals surface area contributed by atoms with Gasteiger partial charge in [-0.2, -0.15) is 0 Å². The molecule has 1 saturated heterocycles. The first kappa shape index (κ1) is 22.7. The lowest BCUT2D eigenvalue weighted by molar-refractivity contribution is 0.0372. The number of rotatable bonds is 8. The minimum atomic E-state index is -0.221. The summed E-state index contributed by atoms with van der Waals surface area (Å²) in [4.78, 5) is 24.2. The van der Waals surface area contributed by atoms with Crippen molar-refractivity contribution in [1.82, 2.24) is 14.9 Å². The number of benzene rings is 2. The molecule has 174 valence electrons. The van der Waals surface area contributed by atoms with Crippen molar-refractivity contribution in [2.75, 3.05) is 38.2 Å². The third-order valence-corrected chi connectivity index (χ3v) is 6.79. The molecule has 0 spiro atoms. The number of thiazole rings is 1. The lowest BCUT2D eigenvalue weighted by Crippen LogP contribution is -2.36. The second-order valence-electron chi connectivity index (χ2n) is 8.47. The summed E-state index contributed by atoms with van der Waals surface area (Å²) in [5.41, 5.74) is 6.93. The van der Waals surface area contributed by atoms with Gasteiger partial charge >= 0.3 is 0 Å². The number of hydrogen-bond donors (Lipinski definition) is 1. The van der Waals surface area contributed by atoms with Gasteiger partial charge in [-0.05, 0) is 43.5 Å². The molecule has 34 heavy (non-hydrogen) atoms. The minimum Gasteiger partial charge on any atom is -0.379 e. The Labute approximate surface area is 203 Å². The number of fused-ring (bicyclic) bond motifs is 1. The fourth-order valence-electron chi connectivity index (χ4n) is 4.37. The molecular formula is C27H28N4O2S. The van der Waals surface area contributed by atoms with E-state index in [1.54, 1.807) is 10.9 Å². The number of pyridine rings is 1. The molecule has 5 rings (SSSR count). The van der Waals surface area contributed by atoms with Gasteiger partial charge in [0, 0.05) is 29.4 Å². The highest BCUT2D eigenvalue weighted by atomic mass is 32.1. The lowest BCUT2D eigenvalue weighted by atomic mass is 9.98. The number of nitrogens with zero attached hydrogens (tertiary/aromatic N) is 3. The molecule has 1 amide bonds. The minimum absolute atomic E-state index is 0.221. The number of para-hydroxylation sites is 1. The van der Waals surface area contributed by atoms with Crippen molar-refractivity contribution in [2.24, 2.45) is 0 Å². The number of ether oxygens (including phenoxy) is 1. The molecule has 6 nitrogen and oxygen atoms in total. The maximum atomic E-state index is 12.6. The van der Waals surface area contributed by atoms with Crippen LogP contribution in [0.25, 0.3) is 22.2 Å². The Bertz CT molecular complexity index is 1250. The van der Waals surface area contributed by atoms with Crippen molar-refractivity contribution in [1.29, 1.82) is 0 Å². The second-order valence-corrected chi connectivity index (χ2v) is 9.19. The predicted octanol–water partition coefficient (Wildman–Crippen LogP) is 5.27. The fraction of sp³-hybridized carbons (Fsp3) is 0.296. The van der Waals surface area contributed by atoms with E-state index in [1.165, 1.54) is 23.3 Å². The zero-order valence-corrected chi connectivity index (χ0v) is 19.9. The molecule has 0 bridgehead atoms. The van der Waals surface area contributed by atoms with Gasteiger partial charge in [0.2, 0.25) is 0 Å². The molecule has 0 aliphatic carbocycles. The molecular weight excluding hydrogens is 444 g/mol. The number of amides is 1. The van der Waals surface area contributed by atoms with E-state index in [-0.39, 0.29) is 5.91 Å². The van der Waals surface area contributed by atoms with Gasteiger partial charge in [0.25, 0.3) is 5.91 Å². The Morgan fingerprint density at radius 2 is 1.91 bits per heavy atom. The second kappa shape index (κ2) is 10.9. The van der Waals surface area contributed by atoms with Gasteiger partial charge in [-0.3, -0.25) is 9.69 Å². The molecule has 1 aliphatic heterocycles. The van der Waals surface area contributed by atoms with E-state index in [0.717, 1.165) is 67.8 Å². The number of aryl methyl sites for hydroxylation is 1. The Hall–Kier alpha value is -3.13. The molecule has 7 heteroatoms. The first-order valence-electron chi connectivity index (χ1n) is 11.8. The molecule has 0 atom stereocenters. The van der Waals surface area contributed by atoms with Crippen LogP contribution < -0.4 is 5.32 Å². The van der Waals surface area contributed by atoms with E-state index < -0.39 is 0 Å². The monoisotopic (exact) mass is 472 g/mol. The number of anilines is 1. The van der Waals surface area contributed by atoms with Gasteiger partial charge in [-0.1, -0.05) is 42.5 Å². The van der Waals surface area contributed by atoms with E-state index >= 15 is 0 Å². The van der Waals surface area contributed by atoms with Gasteiger partial charge in [-0.25, -0.2) is 9.97 Å². The smallest absolute Gasteiger partial charge is 0.275 e.